The molecule has 5 N–H and O–H groups in total. The Kier molecular flexibility index (Phi) is 13.4. The van der Waals surface area contributed by atoms with E-state index in [0.717, 1.165) is 0 Å². The minimum atomic E-state index is -0.0677. The van der Waals surface area contributed by atoms with Crippen LogP contribution in [-0.4, -0.2) is 30.8 Å². The number of carbonyl (C=O) groups is 1. The topological polar surface area (TPSA) is 124 Å². The third-order valence-electron chi connectivity index (χ3n) is 1.48. The number of pyridine rings is 1. The third-order valence-corrected chi connectivity index (χ3v) is 1.48. The van der Waals surface area contributed by atoms with Crippen molar-refractivity contribution in [3.63, 3.8) is 0 Å². The van der Waals surface area contributed by atoms with E-state index in [1.807, 2.05) is 20.6 Å². The van der Waals surface area contributed by atoms with E-state index in [0.29, 0.717) is 24.7 Å². The van der Waals surface area contributed by atoms with Crippen molar-refractivity contribution in [2.75, 3.05) is 13.2 Å². The first-order valence-electron chi connectivity index (χ1n) is 5.28. The van der Waals surface area contributed by atoms with Crippen molar-refractivity contribution in [2.45, 2.75) is 13.8 Å². The summed E-state index contributed by atoms with van der Waals surface area (Å²) in [5.74, 6) is 5.34. The monoisotopic (exact) mass is 256 g/mol. The lowest BCUT2D eigenvalue weighted by molar-refractivity contribution is -0.0979. The Bertz CT molecular complexity index is 317. The number of aromatic nitrogens is 1. The average Bonchev–Trinajstić information content (AvgIpc) is 2.44. The van der Waals surface area contributed by atoms with Crippen LogP contribution < -0.4 is 16.4 Å². The summed E-state index contributed by atoms with van der Waals surface area (Å²) in [5.41, 5.74) is 5.65. The molecular formula is C11H20N4O3. The largest absolute Gasteiger partial charge is 0.489 e. The second kappa shape index (κ2) is 13.1. The lowest BCUT2D eigenvalue weighted by Crippen LogP contribution is -2.13. The summed E-state index contributed by atoms with van der Waals surface area (Å²) in [4.78, 5) is 16.2. The molecule has 18 heavy (non-hydrogen) atoms. The van der Waals surface area contributed by atoms with Crippen LogP contribution in [0.2, 0.25) is 0 Å². The summed E-state index contributed by atoms with van der Waals surface area (Å²) < 4.78 is 5.20. The van der Waals surface area contributed by atoms with Gasteiger partial charge in [-0.3, -0.25) is 5.41 Å². The van der Waals surface area contributed by atoms with Crippen molar-refractivity contribution in [1.29, 1.82) is 5.41 Å². The van der Waals surface area contributed by atoms with Gasteiger partial charge in [-0.25, -0.2) is 10.9 Å². The van der Waals surface area contributed by atoms with E-state index in [4.69, 9.17) is 26.6 Å². The second-order valence-electron chi connectivity index (χ2n) is 2.51. The summed E-state index contributed by atoms with van der Waals surface area (Å²) in [6, 6.07) is 3.29. The van der Waals surface area contributed by atoms with Gasteiger partial charge >= 0.3 is 0 Å². The Morgan fingerprint density at radius 2 is 2.00 bits per heavy atom. The molecule has 1 rings (SSSR count). The fraction of sp³-hybridized carbons (Fsp3) is 0.364. The molecule has 0 bridgehead atoms. The number of hydrogen-bond donors (Lipinski definition) is 3. The van der Waals surface area contributed by atoms with Gasteiger partial charge in [-0.15, -0.1) is 0 Å². The molecular weight excluding hydrogens is 236 g/mol. The zero-order valence-electron chi connectivity index (χ0n) is 10.7. The molecule has 0 radical (unpaired) electrons. The fourth-order valence-electron chi connectivity index (χ4n) is 0.833. The molecule has 0 saturated heterocycles. The molecule has 0 aliphatic carbocycles. The maximum atomic E-state index is 8.00. The van der Waals surface area contributed by atoms with Crippen molar-refractivity contribution >= 4 is 12.6 Å². The van der Waals surface area contributed by atoms with E-state index >= 15 is 0 Å². The molecule has 0 aliphatic rings. The quantitative estimate of drug-likeness (QED) is 0.304. The van der Waals surface area contributed by atoms with Crippen molar-refractivity contribution in [3.05, 3.63) is 24.0 Å². The first kappa shape index (κ1) is 18.4. The van der Waals surface area contributed by atoms with E-state index in [-0.39, 0.29) is 5.84 Å². The predicted molar refractivity (Wildman–Crippen MR) is 69.4 cm³/mol. The maximum Gasteiger partial charge on any atom is 0.141 e. The molecule has 0 fully saturated rings. The van der Waals surface area contributed by atoms with Crippen molar-refractivity contribution in [1.82, 2.24) is 4.98 Å². The van der Waals surface area contributed by atoms with Gasteiger partial charge in [-0.05, 0) is 12.1 Å². The Morgan fingerprint density at radius 3 is 2.39 bits per heavy atom. The molecule has 1 aromatic rings. The zero-order valence-corrected chi connectivity index (χ0v) is 10.7. The van der Waals surface area contributed by atoms with Gasteiger partial charge in [-0.1, -0.05) is 13.8 Å². The van der Waals surface area contributed by atoms with Crippen LogP contribution in [-0.2, 0) is 9.63 Å². The summed E-state index contributed by atoms with van der Waals surface area (Å²) in [6.45, 7) is 6.67. The van der Waals surface area contributed by atoms with Gasteiger partial charge < -0.3 is 20.1 Å². The van der Waals surface area contributed by atoms with Gasteiger partial charge in [-0.2, -0.15) is 0 Å². The van der Waals surface area contributed by atoms with Crippen LogP contribution in [0, 0.1) is 5.41 Å². The molecule has 1 heterocycles. The third kappa shape index (κ3) is 8.20. The van der Waals surface area contributed by atoms with E-state index in [2.05, 4.69) is 9.82 Å². The van der Waals surface area contributed by atoms with Crippen molar-refractivity contribution in [3.8, 4) is 5.75 Å². The molecule has 0 spiro atoms. The highest BCUT2D eigenvalue weighted by Gasteiger charge is 1.98. The molecule has 0 aliphatic heterocycles. The smallest absolute Gasteiger partial charge is 0.141 e. The van der Waals surface area contributed by atoms with Crippen LogP contribution in [0.1, 0.15) is 19.5 Å². The highest BCUT2D eigenvalue weighted by atomic mass is 16.6. The molecule has 7 nitrogen and oxygen atoms in total. The van der Waals surface area contributed by atoms with E-state index in [1.54, 1.807) is 12.1 Å². The number of ether oxygens (including phenoxy) is 1. The number of amidine groups is 1. The van der Waals surface area contributed by atoms with Gasteiger partial charge in [0.25, 0.3) is 0 Å². The molecule has 102 valence electrons. The van der Waals surface area contributed by atoms with Crippen LogP contribution in [0.4, 0.5) is 0 Å². The molecule has 0 aromatic carbocycles. The number of nitrogens with two attached hydrogens (primary N) is 2. The maximum absolute atomic E-state index is 8.00. The lowest BCUT2D eigenvalue weighted by atomic mass is 10.3. The first-order valence-corrected chi connectivity index (χ1v) is 5.28. The number of rotatable bonds is 5. The highest BCUT2D eigenvalue weighted by molar-refractivity contribution is 5.92. The summed E-state index contributed by atoms with van der Waals surface area (Å²) in [6.07, 6.45) is 1.49. The van der Waals surface area contributed by atoms with Gasteiger partial charge in [0.05, 0.1) is 6.20 Å². The number of nitrogen functional groups attached to an aromatic ring is 1. The fourth-order valence-corrected chi connectivity index (χ4v) is 0.833. The normalized spacial score (nSPS) is 8.17. The van der Waals surface area contributed by atoms with E-state index < -0.39 is 0 Å². The SMILES string of the molecule is C=O.CC.N=C(N)c1ccc(OCCON)cn1. The van der Waals surface area contributed by atoms with E-state index in [9.17, 15) is 0 Å². The Morgan fingerprint density at radius 1 is 1.39 bits per heavy atom. The Hall–Kier alpha value is -1.99. The molecule has 0 unspecified atom stereocenters. The number of hydrogen-bond acceptors (Lipinski definition) is 6. The van der Waals surface area contributed by atoms with Crippen molar-refractivity contribution in [2.24, 2.45) is 11.6 Å². The van der Waals surface area contributed by atoms with Gasteiger partial charge in [0, 0.05) is 0 Å². The van der Waals surface area contributed by atoms with Gasteiger partial charge in [0.2, 0.25) is 0 Å². The van der Waals surface area contributed by atoms with Crippen molar-refractivity contribution < 1.29 is 14.4 Å². The van der Waals surface area contributed by atoms with Crippen LogP contribution in [0.5, 0.6) is 5.75 Å². The van der Waals surface area contributed by atoms with Gasteiger partial charge in [0.15, 0.2) is 0 Å². The van der Waals surface area contributed by atoms with Crippen LogP contribution in [0.15, 0.2) is 18.3 Å². The molecule has 7 heteroatoms. The predicted octanol–water partition coefficient (Wildman–Crippen LogP) is 0.476. The van der Waals surface area contributed by atoms with Crippen LogP contribution in [0.3, 0.4) is 0 Å². The average molecular weight is 256 g/mol. The minimum absolute atomic E-state index is 0.0677. The zero-order chi connectivity index (χ0) is 14.4. The molecule has 1 aromatic heterocycles. The standard InChI is InChI=1S/C8H12N4O2.C2H6.CH2O/c9-8(10)7-2-1-6(5-12-7)13-3-4-14-11;2*1-2/h1-2,5H,3-4,11H2,(H3,9,10);1-2H3;1H2. The first-order chi connectivity index (χ1) is 8.74. The number of nitrogens with one attached hydrogen (secondary N) is 1. The number of carbonyl (C=O) groups excluding carboxylic acids is 1. The lowest BCUT2D eigenvalue weighted by Gasteiger charge is -2.04. The van der Waals surface area contributed by atoms with Crippen LogP contribution >= 0.6 is 0 Å². The van der Waals surface area contributed by atoms with Crippen LogP contribution in [0.25, 0.3) is 0 Å². The summed E-state index contributed by atoms with van der Waals surface area (Å²) in [7, 11) is 0. The summed E-state index contributed by atoms with van der Waals surface area (Å²) >= 11 is 0. The molecule has 0 saturated carbocycles. The van der Waals surface area contributed by atoms with Gasteiger partial charge in [0.1, 0.15) is 37.3 Å². The number of nitrogens with zero attached hydrogens (tertiary/aromatic N) is 1. The summed E-state index contributed by atoms with van der Waals surface area (Å²) in [5, 5.41) is 7.11. The molecule has 0 atom stereocenters. The Labute approximate surface area is 107 Å². The Balaban J connectivity index is 0. The highest BCUT2D eigenvalue weighted by Crippen LogP contribution is 2.08. The van der Waals surface area contributed by atoms with E-state index in [1.165, 1.54) is 6.20 Å². The molecule has 0 amide bonds. The minimum Gasteiger partial charge on any atom is -0.489 e. The second-order valence-corrected chi connectivity index (χ2v) is 2.51.